The van der Waals surface area contributed by atoms with Crippen molar-refractivity contribution >= 4 is 24.0 Å². The Kier molecular flexibility index (Phi) is 7.68. The molecule has 16 heavy (non-hydrogen) atoms. The van der Waals surface area contributed by atoms with Crippen LogP contribution in [0.1, 0.15) is 30.9 Å². The van der Waals surface area contributed by atoms with Gasteiger partial charge in [-0.05, 0) is 37.6 Å². The fourth-order valence-corrected chi connectivity index (χ4v) is 1.64. The van der Waals surface area contributed by atoms with Gasteiger partial charge >= 0.3 is 0 Å². The van der Waals surface area contributed by atoms with Crippen LogP contribution in [-0.4, -0.2) is 6.54 Å². The first kappa shape index (κ1) is 15.7. The van der Waals surface area contributed by atoms with Gasteiger partial charge in [-0.1, -0.05) is 18.0 Å². The molecular formula is C11H17Cl2FN2. The van der Waals surface area contributed by atoms with Crippen LogP contribution in [0.3, 0.4) is 0 Å². The third-order valence-corrected chi connectivity index (χ3v) is 2.56. The molecule has 0 spiro atoms. The van der Waals surface area contributed by atoms with Crippen molar-refractivity contribution in [1.29, 1.82) is 0 Å². The third kappa shape index (κ3) is 4.66. The van der Waals surface area contributed by atoms with E-state index in [-0.39, 0.29) is 24.3 Å². The average Bonchev–Trinajstić information content (AvgIpc) is 2.22. The zero-order valence-electron chi connectivity index (χ0n) is 8.96. The molecule has 0 bridgehead atoms. The number of rotatable bonds is 5. The van der Waals surface area contributed by atoms with Crippen molar-refractivity contribution < 1.29 is 4.39 Å². The second-order valence-electron chi connectivity index (χ2n) is 3.56. The summed E-state index contributed by atoms with van der Waals surface area (Å²) in [5, 5.41) is 0.515. The van der Waals surface area contributed by atoms with Crippen LogP contribution in [0.4, 0.5) is 4.39 Å². The Morgan fingerprint density at radius 1 is 1.31 bits per heavy atom. The minimum Gasteiger partial charge on any atom is -0.330 e. The molecule has 92 valence electrons. The van der Waals surface area contributed by atoms with Gasteiger partial charge in [0.2, 0.25) is 0 Å². The number of halogens is 3. The summed E-state index contributed by atoms with van der Waals surface area (Å²) >= 11 is 5.78. The Labute approximate surface area is 107 Å². The predicted octanol–water partition coefficient (Wildman–Crippen LogP) is 3.03. The Hall–Kier alpha value is -0.350. The predicted molar refractivity (Wildman–Crippen MR) is 68.5 cm³/mol. The minimum atomic E-state index is -0.296. The monoisotopic (exact) mass is 266 g/mol. The molecule has 1 atom stereocenters. The number of hydrogen-bond donors (Lipinski definition) is 2. The highest BCUT2D eigenvalue weighted by atomic mass is 35.5. The van der Waals surface area contributed by atoms with Gasteiger partial charge < -0.3 is 11.5 Å². The number of nitrogens with two attached hydrogens (primary N) is 2. The van der Waals surface area contributed by atoms with Gasteiger partial charge in [-0.3, -0.25) is 0 Å². The van der Waals surface area contributed by atoms with Gasteiger partial charge in [0.25, 0.3) is 0 Å². The highest BCUT2D eigenvalue weighted by Gasteiger charge is 2.11. The van der Waals surface area contributed by atoms with Gasteiger partial charge in [0.15, 0.2) is 0 Å². The van der Waals surface area contributed by atoms with Crippen molar-refractivity contribution in [2.24, 2.45) is 11.5 Å². The molecule has 0 aliphatic carbocycles. The van der Waals surface area contributed by atoms with E-state index in [0.717, 1.165) is 19.3 Å². The summed E-state index contributed by atoms with van der Waals surface area (Å²) < 4.78 is 13.4. The molecule has 0 heterocycles. The minimum absolute atomic E-state index is 0. The summed E-state index contributed by atoms with van der Waals surface area (Å²) in [6, 6.07) is 4.16. The summed E-state index contributed by atoms with van der Waals surface area (Å²) in [6.07, 6.45) is 2.55. The van der Waals surface area contributed by atoms with Crippen molar-refractivity contribution in [3.8, 4) is 0 Å². The van der Waals surface area contributed by atoms with E-state index < -0.39 is 0 Å². The highest BCUT2D eigenvalue weighted by Crippen LogP contribution is 2.23. The normalized spacial score (nSPS) is 12.0. The van der Waals surface area contributed by atoms with E-state index in [4.69, 9.17) is 23.1 Å². The number of benzene rings is 1. The lowest BCUT2D eigenvalue weighted by Crippen LogP contribution is -2.12. The van der Waals surface area contributed by atoms with E-state index in [1.165, 1.54) is 12.1 Å². The molecule has 0 aromatic heterocycles. The third-order valence-electron chi connectivity index (χ3n) is 2.33. The van der Waals surface area contributed by atoms with Crippen LogP contribution in [0, 0.1) is 5.82 Å². The number of unbranched alkanes of at least 4 members (excludes halogenated alkanes) is 1. The maximum atomic E-state index is 13.4. The van der Waals surface area contributed by atoms with Gasteiger partial charge in [0.05, 0.1) is 0 Å². The standard InChI is InChI=1S/C11H16ClFN2.ClH/c12-8-4-5-10(13)9(7-8)11(15)3-1-2-6-14;/h4-5,7,11H,1-3,6,14-15H2;1H/t11-;/m0./s1. The summed E-state index contributed by atoms with van der Waals surface area (Å²) in [5.74, 6) is -0.292. The van der Waals surface area contributed by atoms with Crippen molar-refractivity contribution in [2.45, 2.75) is 25.3 Å². The van der Waals surface area contributed by atoms with Gasteiger partial charge in [-0.2, -0.15) is 0 Å². The van der Waals surface area contributed by atoms with Crippen LogP contribution < -0.4 is 11.5 Å². The van der Waals surface area contributed by atoms with Crippen LogP contribution in [0.2, 0.25) is 5.02 Å². The maximum absolute atomic E-state index is 13.4. The van der Waals surface area contributed by atoms with E-state index in [0.29, 0.717) is 17.1 Å². The lowest BCUT2D eigenvalue weighted by Gasteiger charge is -2.12. The summed E-state index contributed by atoms with van der Waals surface area (Å²) in [6.45, 7) is 0.644. The van der Waals surface area contributed by atoms with Crippen LogP contribution in [0.5, 0.6) is 0 Å². The lowest BCUT2D eigenvalue weighted by molar-refractivity contribution is 0.543. The van der Waals surface area contributed by atoms with Crippen LogP contribution >= 0.6 is 24.0 Å². The Morgan fingerprint density at radius 2 is 2.00 bits per heavy atom. The summed E-state index contributed by atoms with van der Waals surface area (Å²) in [4.78, 5) is 0. The van der Waals surface area contributed by atoms with Crippen molar-refractivity contribution in [3.05, 3.63) is 34.6 Å². The van der Waals surface area contributed by atoms with E-state index in [1.807, 2.05) is 0 Å². The van der Waals surface area contributed by atoms with Gasteiger partial charge in [-0.25, -0.2) is 4.39 Å². The second-order valence-corrected chi connectivity index (χ2v) is 3.99. The molecule has 1 rings (SSSR count). The van der Waals surface area contributed by atoms with E-state index >= 15 is 0 Å². The SMILES string of the molecule is Cl.NCCCC[C@H](N)c1cc(Cl)ccc1F. The molecule has 1 aromatic rings. The first-order valence-electron chi connectivity index (χ1n) is 5.05. The van der Waals surface area contributed by atoms with Crippen molar-refractivity contribution in [2.75, 3.05) is 6.54 Å². The summed E-state index contributed by atoms with van der Waals surface area (Å²) in [7, 11) is 0. The zero-order chi connectivity index (χ0) is 11.3. The molecular weight excluding hydrogens is 250 g/mol. The Balaban J connectivity index is 0.00000225. The first-order valence-corrected chi connectivity index (χ1v) is 5.43. The summed E-state index contributed by atoms with van der Waals surface area (Å²) in [5.41, 5.74) is 11.7. The molecule has 0 fully saturated rings. The van der Waals surface area contributed by atoms with Gasteiger partial charge in [-0.15, -0.1) is 12.4 Å². The molecule has 0 unspecified atom stereocenters. The van der Waals surface area contributed by atoms with Crippen molar-refractivity contribution in [3.63, 3.8) is 0 Å². The Bertz CT molecular complexity index is 321. The molecule has 0 amide bonds. The van der Waals surface area contributed by atoms with Crippen molar-refractivity contribution in [1.82, 2.24) is 0 Å². The molecule has 0 saturated carbocycles. The molecule has 2 nitrogen and oxygen atoms in total. The highest BCUT2D eigenvalue weighted by molar-refractivity contribution is 6.30. The van der Waals surface area contributed by atoms with Crippen LogP contribution in [0.25, 0.3) is 0 Å². The van der Waals surface area contributed by atoms with Gasteiger partial charge in [0.1, 0.15) is 5.82 Å². The fraction of sp³-hybridized carbons (Fsp3) is 0.455. The average molecular weight is 267 g/mol. The van der Waals surface area contributed by atoms with Crippen LogP contribution in [0.15, 0.2) is 18.2 Å². The largest absolute Gasteiger partial charge is 0.330 e. The second kappa shape index (κ2) is 7.85. The lowest BCUT2D eigenvalue weighted by atomic mass is 10.0. The smallest absolute Gasteiger partial charge is 0.128 e. The molecule has 0 saturated heterocycles. The van der Waals surface area contributed by atoms with E-state index in [2.05, 4.69) is 0 Å². The number of hydrogen-bond acceptors (Lipinski definition) is 2. The van der Waals surface area contributed by atoms with E-state index in [9.17, 15) is 4.39 Å². The molecule has 5 heteroatoms. The molecule has 0 radical (unpaired) electrons. The first-order chi connectivity index (χ1) is 7.15. The molecule has 0 aliphatic rings. The maximum Gasteiger partial charge on any atom is 0.128 e. The van der Waals surface area contributed by atoms with E-state index in [1.54, 1.807) is 6.07 Å². The topological polar surface area (TPSA) is 52.0 Å². The molecule has 4 N–H and O–H groups in total. The fourth-order valence-electron chi connectivity index (χ4n) is 1.46. The van der Waals surface area contributed by atoms with Crippen LogP contribution in [-0.2, 0) is 0 Å². The molecule has 0 aliphatic heterocycles. The quantitative estimate of drug-likeness (QED) is 0.806. The Morgan fingerprint density at radius 3 is 2.62 bits per heavy atom. The zero-order valence-corrected chi connectivity index (χ0v) is 10.5. The molecule has 1 aromatic carbocycles. The van der Waals surface area contributed by atoms with Gasteiger partial charge in [0, 0.05) is 16.6 Å².